The molecule has 1 radical (unpaired) electrons. The minimum atomic E-state index is 0.875. The van der Waals surface area contributed by atoms with Gasteiger partial charge in [0.15, 0.2) is 0 Å². The molecule has 1 saturated heterocycles. The summed E-state index contributed by atoms with van der Waals surface area (Å²) in [5.41, 5.74) is 0. The Morgan fingerprint density at radius 2 is 1.75 bits per heavy atom. The molecule has 1 N–H and O–H groups in total. The van der Waals surface area contributed by atoms with Crippen LogP contribution in [0.3, 0.4) is 0 Å². The van der Waals surface area contributed by atoms with Gasteiger partial charge in [0.25, 0.3) is 0 Å². The fourth-order valence-corrected chi connectivity index (χ4v) is 0.112. The first-order valence-corrected chi connectivity index (χ1v) is 1.34. The zero-order chi connectivity index (χ0) is 2.83. The lowest BCUT2D eigenvalue weighted by Gasteiger charge is -2.10. The summed E-state index contributed by atoms with van der Waals surface area (Å²) >= 11 is 0. The van der Waals surface area contributed by atoms with E-state index in [9.17, 15) is 0 Å². The van der Waals surface area contributed by atoms with Crippen molar-refractivity contribution < 1.29 is 0 Å². The van der Waals surface area contributed by atoms with E-state index < -0.39 is 0 Å². The number of hydrogen-bond donors (Lipinski definition) is 1. The zero-order valence-corrected chi connectivity index (χ0v) is 2.36. The highest BCUT2D eigenvalue weighted by molar-refractivity contribution is 4.48. The molecule has 0 saturated carbocycles. The normalized spacial score (nSPS) is 24.0. The zero-order valence-electron chi connectivity index (χ0n) is 2.36. The number of hydrogen-bond acceptors (Lipinski definition) is 1. The molecule has 1 aliphatic rings. The van der Waals surface area contributed by atoms with E-state index in [0.29, 0.717) is 0 Å². The molecule has 1 fully saturated rings. The van der Waals surface area contributed by atoms with Gasteiger partial charge in [-0.3, -0.25) is 5.32 Å². The molecule has 1 aliphatic heterocycles. The number of nitrogens with zero attached hydrogens (tertiary/aromatic N) is 1. The van der Waals surface area contributed by atoms with Gasteiger partial charge in [-0.25, -0.2) is 5.32 Å². The van der Waals surface area contributed by atoms with Crippen LogP contribution in [-0.4, -0.2) is 13.3 Å². The van der Waals surface area contributed by atoms with Crippen LogP contribution in [0, 0.1) is 0 Å². The molecule has 2 heteroatoms. The van der Waals surface area contributed by atoms with Crippen molar-refractivity contribution >= 4 is 0 Å². The average molecular weight is 57.1 g/mol. The molecular formula is C2H5N2. The lowest BCUT2D eigenvalue weighted by Crippen LogP contribution is -2.41. The Labute approximate surface area is 25.2 Å². The van der Waals surface area contributed by atoms with Gasteiger partial charge in [-0.15, -0.1) is 0 Å². The molecule has 1 rings (SSSR count). The Bertz CT molecular complexity index is 12.0. The summed E-state index contributed by atoms with van der Waals surface area (Å²) in [7, 11) is 0. The molecule has 0 aromatic rings. The third kappa shape index (κ3) is 0.106. The van der Waals surface area contributed by atoms with E-state index >= 15 is 0 Å². The van der Waals surface area contributed by atoms with Gasteiger partial charge in [0.05, 0.1) is 13.3 Å². The Morgan fingerprint density at radius 1 is 1.50 bits per heavy atom. The van der Waals surface area contributed by atoms with Crippen LogP contribution < -0.4 is 10.6 Å². The number of nitrogens with one attached hydrogen (secondary N) is 1. The van der Waals surface area contributed by atoms with Crippen LogP contribution in [-0.2, 0) is 0 Å². The summed E-state index contributed by atoms with van der Waals surface area (Å²) in [4.78, 5) is 0. The van der Waals surface area contributed by atoms with Gasteiger partial charge in [-0.05, 0) is 0 Å². The van der Waals surface area contributed by atoms with Gasteiger partial charge in [0, 0.05) is 0 Å². The lowest BCUT2D eigenvalue weighted by atomic mass is 10.8. The second-order valence-electron chi connectivity index (χ2n) is 0.790. The van der Waals surface area contributed by atoms with Crippen molar-refractivity contribution in [3.05, 3.63) is 0 Å². The first kappa shape index (κ1) is 2.18. The molecule has 23 valence electrons. The summed E-state index contributed by atoms with van der Waals surface area (Å²) in [5, 5.41) is 6.75. The Kier molecular flexibility index (Phi) is 0.381. The van der Waals surface area contributed by atoms with Crippen molar-refractivity contribution in [2.75, 3.05) is 13.3 Å². The fraction of sp³-hybridized carbons (Fsp3) is 1.00. The van der Waals surface area contributed by atoms with E-state index in [2.05, 4.69) is 10.6 Å². The second kappa shape index (κ2) is 0.701. The molecule has 0 aliphatic carbocycles. The molecule has 0 unspecified atom stereocenters. The topological polar surface area (TPSA) is 26.1 Å². The highest BCUT2D eigenvalue weighted by Crippen LogP contribution is 1.61. The second-order valence-corrected chi connectivity index (χ2v) is 0.790. The highest BCUT2D eigenvalue weighted by atomic mass is 15.2. The third-order valence-corrected chi connectivity index (χ3v) is 0.447. The van der Waals surface area contributed by atoms with E-state index in [-0.39, 0.29) is 0 Å². The minimum Gasteiger partial charge on any atom is -0.289 e. The predicted octanol–water partition coefficient (Wildman–Crippen LogP) is -0.891. The van der Waals surface area contributed by atoms with Gasteiger partial charge in [0.1, 0.15) is 0 Å². The molecule has 0 spiro atoms. The molecule has 0 bridgehead atoms. The summed E-state index contributed by atoms with van der Waals surface area (Å²) in [6.07, 6.45) is 0. The van der Waals surface area contributed by atoms with Gasteiger partial charge < -0.3 is 0 Å². The van der Waals surface area contributed by atoms with E-state index in [1.807, 2.05) is 0 Å². The molecule has 0 aromatic carbocycles. The van der Waals surface area contributed by atoms with Crippen LogP contribution in [0.4, 0.5) is 0 Å². The smallest absolute Gasteiger partial charge is 0.0649 e. The summed E-state index contributed by atoms with van der Waals surface area (Å²) in [6, 6.07) is 0. The quantitative estimate of drug-likeness (QED) is 0.383. The third-order valence-electron chi connectivity index (χ3n) is 0.447. The van der Waals surface area contributed by atoms with Crippen LogP contribution in [0.25, 0.3) is 0 Å². The van der Waals surface area contributed by atoms with Crippen molar-refractivity contribution in [2.45, 2.75) is 0 Å². The van der Waals surface area contributed by atoms with Crippen molar-refractivity contribution in [3.63, 3.8) is 0 Å². The maximum atomic E-state index is 3.81. The molecule has 0 atom stereocenters. The monoisotopic (exact) mass is 57.0 g/mol. The predicted molar refractivity (Wildman–Crippen MR) is 15.0 cm³/mol. The van der Waals surface area contributed by atoms with Gasteiger partial charge in [-0.2, -0.15) is 0 Å². The minimum absolute atomic E-state index is 0.875. The molecule has 1 heterocycles. The molecule has 0 amide bonds. The highest BCUT2D eigenvalue weighted by Gasteiger charge is 1.91. The first-order chi connectivity index (χ1) is 2.00. The fourth-order valence-electron chi connectivity index (χ4n) is 0.112. The summed E-state index contributed by atoms with van der Waals surface area (Å²) in [5.74, 6) is 0. The van der Waals surface area contributed by atoms with Crippen molar-refractivity contribution in [1.82, 2.24) is 10.6 Å². The Balaban J connectivity index is 2.00. The molecule has 0 aromatic heterocycles. The van der Waals surface area contributed by atoms with Gasteiger partial charge in [-0.1, -0.05) is 0 Å². The molecule has 2 nitrogen and oxygen atoms in total. The number of rotatable bonds is 0. The van der Waals surface area contributed by atoms with Crippen molar-refractivity contribution in [2.24, 2.45) is 0 Å². The SMILES string of the molecule is C1[N]CN1. The largest absolute Gasteiger partial charge is 0.289 e. The van der Waals surface area contributed by atoms with Crippen LogP contribution in [0.1, 0.15) is 0 Å². The Morgan fingerprint density at radius 3 is 1.75 bits per heavy atom. The lowest BCUT2D eigenvalue weighted by molar-refractivity contribution is 0.432. The summed E-state index contributed by atoms with van der Waals surface area (Å²) < 4.78 is 0. The van der Waals surface area contributed by atoms with Gasteiger partial charge in [0.2, 0.25) is 0 Å². The maximum absolute atomic E-state index is 3.81. The molecular weight excluding hydrogens is 52.0 g/mol. The maximum Gasteiger partial charge on any atom is 0.0649 e. The standard InChI is InChI=1S/C2H5N2/c1-3-2-4-1/h3H,1-2H2. The Hall–Kier alpha value is -0.0800. The van der Waals surface area contributed by atoms with Crippen molar-refractivity contribution in [3.8, 4) is 0 Å². The summed E-state index contributed by atoms with van der Waals surface area (Å²) in [6.45, 7) is 1.75. The van der Waals surface area contributed by atoms with E-state index in [0.717, 1.165) is 13.3 Å². The van der Waals surface area contributed by atoms with E-state index in [4.69, 9.17) is 0 Å². The van der Waals surface area contributed by atoms with E-state index in [1.54, 1.807) is 0 Å². The van der Waals surface area contributed by atoms with Crippen LogP contribution >= 0.6 is 0 Å². The average Bonchev–Trinajstić information content (AvgIpc) is 0.722. The van der Waals surface area contributed by atoms with Crippen molar-refractivity contribution in [1.29, 1.82) is 0 Å². The van der Waals surface area contributed by atoms with Crippen LogP contribution in [0.5, 0.6) is 0 Å². The van der Waals surface area contributed by atoms with E-state index in [1.165, 1.54) is 0 Å². The first-order valence-electron chi connectivity index (χ1n) is 1.34. The van der Waals surface area contributed by atoms with Gasteiger partial charge >= 0.3 is 0 Å². The van der Waals surface area contributed by atoms with Crippen LogP contribution in [0.15, 0.2) is 0 Å². The van der Waals surface area contributed by atoms with Crippen LogP contribution in [0.2, 0.25) is 0 Å². The molecule has 4 heavy (non-hydrogen) atoms.